The summed E-state index contributed by atoms with van der Waals surface area (Å²) in [5.41, 5.74) is 0.600. The summed E-state index contributed by atoms with van der Waals surface area (Å²) >= 11 is 12.4. The van der Waals surface area contributed by atoms with E-state index in [4.69, 9.17) is 23.2 Å². The van der Waals surface area contributed by atoms with Crippen LogP contribution in [0.5, 0.6) is 5.75 Å². The van der Waals surface area contributed by atoms with Crippen LogP contribution in [0.25, 0.3) is 0 Å². The van der Waals surface area contributed by atoms with Crippen LogP contribution in [0, 0.1) is 0 Å². The molecule has 1 aromatic carbocycles. The molecule has 0 bridgehead atoms. The predicted octanol–water partition coefficient (Wildman–Crippen LogP) is 2.39. The van der Waals surface area contributed by atoms with Gasteiger partial charge in [0.1, 0.15) is 11.9 Å². The van der Waals surface area contributed by atoms with E-state index in [2.05, 4.69) is 0 Å². The number of hydrogen-bond acceptors (Lipinski definition) is 4. The van der Waals surface area contributed by atoms with Gasteiger partial charge in [-0.2, -0.15) is 0 Å². The quantitative estimate of drug-likeness (QED) is 0.815. The Labute approximate surface area is 162 Å². The number of amides is 2. The lowest BCUT2D eigenvalue weighted by molar-refractivity contribution is -0.154. The SMILES string of the molecule is CC[C@@H](O)C(=O)N1CC(=O)N2CC[C@@H](c3c(O)ccc(Cl)c3Cl)C[C@H]2C1. The summed E-state index contributed by atoms with van der Waals surface area (Å²) in [5.74, 6) is -0.486. The number of halogens is 2. The fraction of sp³-hybridized carbons (Fsp3) is 0.556. The zero-order chi connectivity index (χ0) is 19.0. The minimum Gasteiger partial charge on any atom is -0.508 e. The third kappa shape index (κ3) is 3.50. The molecular weight excluding hydrogens is 379 g/mol. The van der Waals surface area contributed by atoms with Crippen molar-refractivity contribution in [1.29, 1.82) is 0 Å². The first-order valence-corrected chi connectivity index (χ1v) is 9.52. The molecule has 0 aromatic heterocycles. The first-order chi connectivity index (χ1) is 12.3. The number of aliphatic hydroxyl groups is 1. The summed E-state index contributed by atoms with van der Waals surface area (Å²) < 4.78 is 0. The smallest absolute Gasteiger partial charge is 0.251 e. The highest BCUT2D eigenvalue weighted by Gasteiger charge is 2.40. The van der Waals surface area contributed by atoms with Crippen LogP contribution in [0.2, 0.25) is 10.0 Å². The maximum Gasteiger partial charge on any atom is 0.251 e. The fourth-order valence-corrected chi connectivity index (χ4v) is 4.36. The third-order valence-corrected chi connectivity index (χ3v) is 6.11. The van der Waals surface area contributed by atoms with Gasteiger partial charge in [-0.15, -0.1) is 0 Å². The van der Waals surface area contributed by atoms with E-state index < -0.39 is 12.0 Å². The number of benzene rings is 1. The largest absolute Gasteiger partial charge is 0.508 e. The van der Waals surface area contributed by atoms with Crippen molar-refractivity contribution < 1.29 is 19.8 Å². The lowest BCUT2D eigenvalue weighted by atomic mass is 9.83. The van der Waals surface area contributed by atoms with E-state index in [1.165, 1.54) is 11.0 Å². The van der Waals surface area contributed by atoms with Gasteiger partial charge in [-0.3, -0.25) is 9.59 Å². The summed E-state index contributed by atoms with van der Waals surface area (Å²) in [6.07, 6.45) is 0.472. The number of rotatable bonds is 3. The number of piperazine rings is 1. The van der Waals surface area contributed by atoms with E-state index in [9.17, 15) is 19.8 Å². The number of hydrogen-bond donors (Lipinski definition) is 2. The van der Waals surface area contributed by atoms with Crippen molar-refractivity contribution in [3.63, 3.8) is 0 Å². The van der Waals surface area contributed by atoms with Gasteiger partial charge in [0.05, 0.1) is 16.6 Å². The molecule has 6 nitrogen and oxygen atoms in total. The summed E-state index contributed by atoms with van der Waals surface area (Å²) in [6, 6.07) is 2.90. The van der Waals surface area contributed by atoms with Crippen LogP contribution in [0.15, 0.2) is 12.1 Å². The monoisotopic (exact) mass is 400 g/mol. The standard InChI is InChI=1S/C18H22Cl2N2O4/c1-2-13(23)18(26)21-8-11-7-10(5-6-22(11)15(25)9-21)16-14(24)4-3-12(19)17(16)20/h3-4,10-11,13,23-24H,2,5-9H2,1H3/t10-,11+,13-/m1/s1. The van der Waals surface area contributed by atoms with Gasteiger partial charge in [-0.05, 0) is 37.3 Å². The van der Waals surface area contributed by atoms with Crippen LogP contribution < -0.4 is 0 Å². The summed E-state index contributed by atoms with van der Waals surface area (Å²) in [4.78, 5) is 27.9. The van der Waals surface area contributed by atoms with Crippen LogP contribution in [-0.2, 0) is 9.59 Å². The van der Waals surface area contributed by atoms with Crippen LogP contribution in [0.4, 0.5) is 0 Å². The Morgan fingerprint density at radius 2 is 2.12 bits per heavy atom. The van der Waals surface area contributed by atoms with Crippen molar-refractivity contribution in [2.24, 2.45) is 0 Å². The normalized spacial score (nSPS) is 24.4. The predicted molar refractivity (Wildman–Crippen MR) is 98.5 cm³/mol. The number of phenolic OH excluding ortho intramolecular Hbond substituents is 1. The van der Waals surface area contributed by atoms with Crippen LogP contribution in [0.3, 0.4) is 0 Å². The molecule has 3 rings (SSSR count). The van der Waals surface area contributed by atoms with E-state index in [1.807, 2.05) is 0 Å². The van der Waals surface area contributed by atoms with Crippen LogP contribution in [0.1, 0.15) is 37.7 Å². The average molecular weight is 401 g/mol. The number of nitrogens with zero attached hydrogens (tertiary/aromatic N) is 2. The average Bonchev–Trinajstić information content (AvgIpc) is 2.63. The Balaban J connectivity index is 1.81. The summed E-state index contributed by atoms with van der Waals surface area (Å²) in [6.45, 7) is 2.63. The van der Waals surface area contributed by atoms with Gasteiger partial charge in [-0.1, -0.05) is 30.1 Å². The van der Waals surface area contributed by atoms with Gasteiger partial charge in [0.25, 0.3) is 5.91 Å². The minimum absolute atomic E-state index is 0.000229. The summed E-state index contributed by atoms with van der Waals surface area (Å²) in [7, 11) is 0. The van der Waals surface area contributed by atoms with Crippen LogP contribution >= 0.6 is 23.2 Å². The molecule has 0 radical (unpaired) electrons. The van der Waals surface area contributed by atoms with Crippen molar-refractivity contribution in [2.75, 3.05) is 19.6 Å². The molecule has 2 aliphatic heterocycles. The molecule has 0 saturated carbocycles. The second-order valence-corrected chi connectivity index (χ2v) is 7.68. The maximum absolute atomic E-state index is 12.4. The van der Waals surface area contributed by atoms with Crippen molar-refractivity contribution >= 4 is 35.0 Å². The van der Waals surface area contributed by atoms with Gasteiger partial charge < -0.3 is 20.0 Å². The zero-order valence-corrected chi connectivity index (χ0v) is 16.0. The molecule has 0 aliphatic carbocycles. The molecule has 0 unspecified atom stereocenters. The Morgan fingerprint density at radius 1 is 1.38 bits per heavy atom. The highest BCUT2D eigenvalue weighted by Crippen LogP contribution is 2.43. The molecule has 8 heteroatoms. The maximum atomic E-state index is 12.4. The lowest BCUT2D eigenvalue weighted by Gasteiger charge is -2.46. The molecule has 3 atom stereocenters. The van der Waals surface area contributed by atoms with Crippen molar-refractivity contribution in [3.05, 3.63) is 27.7 Å². The van der Waals surface area contributed by atoms with E-state index in [1.54, 1.807) is 17.9 Å². The number of aliphatic hydroxyl groups excluding tert-OH is 1. The number of carbonyl (C=O) groups excluding carboxylic acids is 2. The van der Waals surface area contributed by atoms with Gasteiger partial charge in [0.15, 0.2) is 0 Å². The van der Waals surface area contributed by atoms with Crippen LogP contribution in [-0.4, -0.2) is 63.6 Å². The number of phenols is 1. The zero-order valence-electron chi connectivity index (χ0n) is 14.5. The Morgan fingerprint density at radius 3 is 2.81 bits per heavy atom. The van der Waals surface area contributed by atoms with E-state index in [-0.39, 0.29) is 30.2 Å². The molecule has 26 heavy (non-hydrogen) atoms. The highest BCUT2D eigenvalue weighted by atomic mass is 35.5. The van der Waals surface area contributed by atoms with Gasteiger partial charge >= 0.3 is 0 Å². The molecule has 2 saturated heterocycles. The van der Waals surface area contributed by atoms with E-state index in [0.29, 0.717) is 48.0 Å². The Kier molecular flexibility index (Phi) is 5.65. The molecule has 2 fully saturated rings. The number of piperidine rings is 1. The molecule has 2 heterocycles. The lowest BCUT2D eigenvalue weighted by Crippen LogP contribution is -2.61. The van der Waals surface area contributed by atoms with Crippen molar-refractivity contribution in [3.8, 4) is 5.75 Å². The Bertz CT molecular complexity index is 727. The van der Waals surface area contributed by atoms with Crippen molar-refractivity contribution in [1.82, 2.24) is 9.80 Å². The van der Waals surface area contributed by atoms with Gasteiger partial charge in [0, 0.05) is 24.7 Å². The third-order valence-electron chi connectivity index (χ3n) is 5.29. The molecule has 2 amide bonds. The molecule has 0 spiro atoms. The first-order valence-electron chi connectivity index (χ1n) is 8.76. The number of carbonyl (C=O) groups is 2. The van der Waals surface area contributed by atoms with Crippen molar-refractivity contribution in [2.45, 2.75) is 44.2 Å². The molecule has 2 aliphatic rings. The Hall–Kier alpha value is -1.50. The second-order valence-electron chi connectivity index (χ2n) is 6.90. The fourth-order valence-electron chi connectivity index (χ4n) is 3.89. The molecule has 2 N–H and O–H groups in total. The minimum atomic E-state index is -1.08. The van der Waals surface area contributed by atoms with E-state index >= 15 is 0 Å². The molecule has 142 valence electrons. The second kappa shape index (κ2) is 7.62. The van der Waals surface area contributed by atoms with Gasteiger partial charge in [-0.25, -0.2) is 0 Å². The molecule has 1 aromatic rings. The summed E-state index contributed by atoms with van der Waals surface area (Å²) in [5, 5.41) is 20.8. The van der Waals surface area contributed by atoms with Gasteiger partial charge in [0.2, 0.25) is 5.91 Å². The topological polar surface area (TPSA) is 81.1 Å². The first kappa shape index (κ1) is 19.3. The number of fused-ring (bicyclic) bond motifs is 1. The number of aromatic hydroxyl groups is 1. The molecular formula is C18H22Cl2N2O4. The van der Waals surface area contributed by atoms with E-state index in [0.717, 1.165) is 0 Å². The highest BCUT2D eigenvalue weighted by molar-refractivity contribution is 6.42.